The lowest BCUT2D eigenvalue weighted by Gasteiger charge is -2.14. The summed E-state index contributed by atoms with van der Waals surface area (Å²) in [5.74, 6) is -1.05. The van der Waals surface area contributed by atoms with Crippen molar-refractivity contribution >= 4 is 29.2 Å². The number of nitrogens with one attached hydrogen (secondary N) is 1. The lowest BCUT2D eigenvalue weighted by atomic mass is 10.1. The van der Waals surface area contributed by atoms with Crippen molar-refractivity contribution in [1.82, 2.24) is 0 Å². The maximum atomic E-state index is 12.2. The highest BCUT2D eigenvalue weighted by Crippen LogP contribution is 2.20. The van der Waals surface area contributed by atoms with E-state index in [1.165, 1.54) is 19.1 Å². The summed E-state index contributed by atoms with van der Waals surface area (Å²) >= 11 is 5.93. The smallest absolute Gasteiger partial charge is 0.338 e. The van der Waals surface area contributed by atoms with Gasteiger partial charge in [-0.25, -0.2) is 4.79 Å². The van der Waals surface area contributed by atoms with Crippen molar-refractivity contribution in [2.24, 2.45) is 0 Å². The number of rotatable bonds is 4. The molecule has 2 rings (SSSR count). The Bertz CT molecular complexity index is 851. The minimum atomic E-state index is -0.984. The number of nitriles is 1. The molecule has 0 aromatic heterocycles. The van der Waals surface area contributed by atoms with Crippen molar-refractivity contribution in [2.45, 2.75) is 26.9 Å². The Hall–Kier alpha value is -2.84. The van der Waals surface area contributed by atoms with Gasteiger partial charge in [-0.15, -0.1) is 0 Å². The maximum absolute atomic E-state index is 12.2. The zero-order valence-corrected chi connectivity index (χ0v) is 14.8. The van der Waals surface area contributed by atoms with Crippen molar-refractivity contribution in [2.75, 3.05) is 5.32 Å². The van der Waals surface area contributed by atoms with Crippen molar-refractivity contribution in [3.8, 4) is 6.07 Å². The molecule has 1 amide bonds. The van der Waals surface area contributed by atoms with Crippen molar-refractivity contribution in [3.05, 3.63) is 63.7 Å². The molecule has 0 saturated heterocycles. The molecule has 0 aliphatic heterocycles. The number of aryl methyl sites for hydroxylation is 2. The van der Waals surface area contributed by atoms with Crippen LogP contribution in [0.15, 0.2) is 36.4 Å². The molecule has 2 aromatic carbocycles. The minimum absolute atomic E-state index is 0.236. The second-order valence-corrected chi connectivity index (χ2v) is 6.13. The van der Waals surface area contributed by atoms with E-state index in [4.69, 9.17) is 21.6 Å². The number of carbonyl (C=O) groups excluding carboxylic acids is 2. The number of ether oxygens (including phenoxy) is 1. The number of carbonyl (C=O) groups is 2. The number of hydrogen-bond acceptors (Lipinski definition) is 4. The zero-order valence-electron chi connectivity index (χ0n) is 14.1. The molecule has 2 aromatic rings. The first-order valence-corrected chi connectivity index (χ1v) is 7.97. The van der Waals surface area contributed by atoms with Crippen LogP contribution in [-0.2, 0) is 9.53 Å². The van der Waals surface area contributed by atoms with Crippen LogP contribution >= 0.6 is 11.6 Å². The number of esters is 1. The van der Waals surface area contributed by atoms with Gasteiger partial charge in [-0.1, -0.05) is 28.8 Å². The zero-order chi connectivity index (χ0) is 18.6. The number of nitrogens with zero attached hydrogens (tertiary/aromatic N) is 1. The molecule has 5 nitrogen and oxygen atoms in total. The molecule has 0 heterocycles. The summed E-state index contributed by atoms with van der Waals surface area (Å²) in [6.07, 6.45) is -0.984. The summed E-state index contributed by atoms with van der Waals surface area (Å²) in [6.45, 7) is 5.25. The largest absolute Gasteiger partial charge is 0.449 e. The number of anilines is 1. The second kappa shape index (κ2) is 7.82. The number of halogens is 1. The molecule has 0 bridgehead atoms. The number of amides is 1. The third kappa shape index (κ3) is 4.82. The first-order valence-electron chi connectivity index (χ1n) is 7.60. The molecule has 1 N–H and O–H groups in total. The maximum Gasteiger partial charge on any atom is 0.338 e. The lowest BCUT2D eigenvalue weighted by molar-refractivity contribution is -0.123. The summed E-state index contributed by atoms with van der Waals surface area (Å²) in [4.78, 5) is 24.4. The molecule has 0 aliphatic rings. The topological polar surface area (TPSA) is 79.2 Å². The van der Waals surface area contributed by atoms with E-state index >= 15 is 0 Å². The Morgan fingerprint density at radius 2 is 1.80 bits per heavy atom. The molecular weight excluding hydrogens is 340 g/mol. The molecular formula is C19H17ClN2O3. The SMILES string of the molecule is Cc1cc(C)cc(C(=O)OC(C)C(=O)Nc2ccc(C#N)c(Cl)c2)c1. The quantitative estimate of drug-likeness (QED) is 0.839. The van der Waals surface area contributed by atoms with E-state index in [-0.39, 0.29) is 5.02 Å². The third-order valence-electron chi connectivity index (χ3n) is 3.47. The average molecular weight is 357 g/mol. The van der Waals surface area contributed by atoms with Gasteiger partial charge in [-0.3, -0.25) is 4.79 Å². The van der Waals surface area contributed by atoms with Gasteiger partial charge in [-0.05, 0) is 51.1 Å². The van der Waals surface area contributed by atoms with Crippen LogP contribution in [0.4, 0.5) is 5.69 Å². The molecule has 0 radical (unpaired) electrons. The molecule has 0 aliphatic carbocycles. The van der Waals surface area contributed by atoms with E-state index in [0.29, 0.717) is 16.8 Å². The summed E-state index contributed by atoms with van der Waals surface area (Å²) in [5.41, 5.74) is 3.02. The van der Waals surface area contributed by atoms with E-state index in [1.807, 2.05) is 26.0 Å². The minimum Gasteiger partial charge on any atom is -0.449 e. The van der Waals surface area contributed by atoms with Crippen LogP contribution in [0.5, 0.6) is 0 Å². The fourth-order valence-electron chi connectivity index (χ4n) is 2.30. The Balaban J connectivity index is 2.03. The summed E-state index contributed by atoms with van der Waals surface area (Å²) in [5, 5.41) is 11.7. The Morgan fingerprint density at radius 1 is 1.16 bits per heavy atom. The molecule has 25 heavy (non-hydrogen) atoms. The summed E-state index contributed by atoms with van der Waals surface area (Å²) in [7, 11) is 0. The van der Waals surface area contributed by atoms with Crippen LogP contribution in [0.1, 0.15) is 34.0 Å². The van der Waals surface area contributed by atoms with Gasteiger partial charge in [0, 0.05) is 5.69 Å². The average Bonchev–Trinajstić information content (AvgIpc) is 2.54. The van der Waals surface area contributed by atoms with E-state index < -0.39 is 18.0 Å². The van der Waals surface area contributed by atoms with Gasteiger partial charge in [0.2, 0.25) is 0 Å². The first kappa shape index (κ1) is 18.5. The van der Waals surface area contributed by atoms with E-state index in [2.05, 4.69) is 5.32 Å². The van der Waals surface area contributed by atoms with Gasteiger partial charge in [0.05, 0.1) is 16.1 Å². The Morgan fingerprint density at radius 3 is 2.36 bits per heavy atom. The second-order valence-electron chi connectivity index (χ2n) is 5.72. The highest BCUT2D eigenvalue weighted by molar-refractivity contribution is 6.32. The predicted octanol–water partition coefficient (Wildman–Crippen LogP) is 4.01. The Kier molecular flexibility index (Phi) is 5.79. The van der Waals surface area contributed by atoms with Gasteiger partial charge < -0.3 is 10.1 Å². The van der Waals surface area contributed by atoms with Gasteiger partial charge in [0.15, 0.2) is 6.10 Å². The fourth-order valence-corrected chi connectivity index (χ4v) is 2.52. The van der Waals surface area contributed by atoms with Crippen LogP contribution in [-0.4, -0.2) is 18.0 Å². The van der Waals surface area contributed by atoms with E-state index in [0.717, 1.165) is 11.1 Å². The van der Waals surface area contributed by atoms with Crippen molar-refractivity contribution in [1.29, 1.82) is 5.26 Å². The molecule has 6 heteroatoms. The van der Waals surface area contributed by atoms with Gasteiger partial charge in [0.1, 0.15) is 6.07 Å². The molecule has 0 spiro atoms. The predicted molar refractivity (Wildman–Crippen MR) is 95.6 cm³/mol. The normalized spacial score (nSPS) is 11.3. The number of hydrogen-bond donors (Lipinski definition) is 1. The van der Waals surface area contributed by atoms with Crippen LogP contribution in [0, 0.1) is 25.2 Å². The highest BCUT2D eigenvalue weighted by Gasteiger charge is 2.19. The fraction of sp³-hybridized carbons (Fsp3) is 0.211. The van der Waals surface area contributed by atoms with Crippen LogP contribution in [0.3, 0.4) is 0 Å². The monoisotopic (exact) mass is 356 g/mol. The lowest BCUT2D eigenvalue weighted by Crippen LogP contribution is -2.30. The van der Waals surface area contributed by atoms with E-state index in [9.17, 15) is 9.59 Å². The third-order valence-corrected chi connectivity index (χ3v) is 3.78. The summed E-state index contributed by atoms with van der Waals surface area (Å²) < 4.78 is 5.22. The van der Waals surface area contributed by atoms with Crippen LogP contribution < -0.4 is 5.32 Å². The first-order chi connectivity index (χ1) is 11.8. The highest BCUT2D eigenvalue weighted by atomic mass is 35.5. The standard InChI is InChI=1S/C19H17ClN2O3/c1-11-6-12(2)8-15(7-11)19(24)25-13(3)18(23)22-16-5-4-14(10-21)17(20)9-16/h4-9,13H,1-3H3,(H,22,23). The van der Waals surface area contributed by atoms with Crippen molar-refractivity contribution in [3.63, 3.8) is 0 Å². The van der Waals surface area contributed by atoms with Gasteiger partial charge in [-0.2, -0.15) is 5.26 Å². The molecule has 1 atom stereocenters. The molecule has 0 saturated carbocycles. The Labute approximate surface area is 151 Å². The molecule has 0 fully saturated rings. The van der Waals surface area contributed by atoms with Gasteiger partial charge >= 0.3 is 5.97 Å². The van der Waals surface area contributed by atoms with Crippen LogP contribution in [0.25, 0.3) is 0 Å². The van der Waals surface area contributed by atoms with Crippen molar-refractivity contribution < 1.29 is 14.3 Å². The van der Waals surface area contributed by atoms with E-state index in [1.54, 1.807) is 18.2 Å². The number of benzene rings is 2. The van der Waals surface area contributed by atoms with Gasteiger partial charge in [0.25, 0.3) is 5.91 Å². The van der Waals surface area contributed by atoms with Crippen LogP contribution in [0.2, 0.25) is 5.02 Å². The molecule has 1 unspecified atom stereocenters. The summed E-state index contributed by atoms with van der Waals surface area (Å²) in [6, 6.07) is 11.8. The molecule has 128 valence electrons.